The molecule has 0 heterocycles. The van der Waals surface area contributed by atoms with Gasteiger partial charge >= 0.3 is 0 Å². The maximum atomic E-state index is 12.3. The Morgan fingerprint density at radius 1 is 0.885 bits per heavy atom. The standard InChI is InChI=1S/C21H30N4O/c1-15-7-3-5-9-19(15)23-22-18-13-11-17(12-14-18)21(26)25-24-20-10-6-4-8-16(20)2/h11-16,22H,3-10H2,1-2H3,(H,25,26)/b23-19-,24-20+. The van der Waals surface area contributed by atoms with Crippen LogP contribution in [-0.2, 0) is 0 Å². The average molecular weight is 354 g/mol. The maximum Gasteiger partial charge on any atom is 0.271 e. The van der Waals surface area contributed by atoms with Crippen molar-refractivity contribution in [1.29, 1.82) is 0 Å². The Labute approximate surface area is 156 Å². The van der Waals surface area contributed by atoms with Crippen molar-refractivity contribution >= 4 is 23.0 Å². The van der Waals surface area contributed by atoms with Crippen molar-refractivity contribution < 1.29 is 4.79 Å². The van der Waals surface area contributed by atoms with Crippen molar-refractivity contribution in [2.75, 3.05) is 5.43 Å². The summed E-state index contributed by atoms with van der Waals surface area (Å²) in [5.74, 6) is 0.869. The summed E-state index contributed by atoms with van der Waals surface area (Å²) in [4.78, 5) is 12.3. The van der Waals surface area contributed by atoms with E-state index >= 15 is 0 Å². The molecule has 1 aromatic carbocycles. The molecule has 0 aromatic heterocycles. The molecular weight excluding hydrogens is 324 g/mol. The van der Waals surface area contributed by atoms with E-state index in [1.54, 1.807) is 0 Å². The summed E-state index contributed by atoms with van der Waals surface area (Å²) < 4.78 is 0. The zero-order chi connectivity index (χ0) is 18.4. The molecule has 2 aliphatic carbocycles. The van der Waals surface area contributed by atoms with Crippen LogP contribution in [-0.4, -0.2) is 17.3 Å². The molecule has 2 N–H and O–H groups in total. The number of nitrogens with zero attached hydrogens (tertiary/aromatic N) is 2. The third-order valence-electron chi connectivity index (χ3n) is 5.55. The molecule has 5 nitrogen and oxygen atoms in total. The fourth-order valence-corrected chi connectivity index (χ4v) is 3.69. The van der Waals surface area contributed by atoms with E-state index in [4.69, 9.17) is 0 Å². The van der Waals surface area contributed by atoms with E-state index in [1.807, 2.05) is 24.3 Å². The highest BCUT2D eigenvalue weighted by Crippen LogP contribution is 2.22. The first-order valence-corrected chi connectivity index (χ1v) is 9.93. The fourth-order valence-electron chi connectivity index (χ4n) is 3.69. The van der Waals surface area contributed by atoms with Gasteiger partial charge in [0.15, 0.2) is 0 Å². The summed E-state index contributed by atoms with van der Waals surface area (Å²) in [5.41, 5.74) is 9.71. The number of hydrazone groups is 2. The molecule has 0 radical (unpaired) electrons. The van der Waals surface area contributed by atoms with Crippen LogP contribution in [0.4, 0.5) is 5.69 Å². The van der Waals surface area contributed by atoms with Gasteiger partial charge < -0.3 is 0 Å². The lowest BCUT2D eigenvalue weighted by atomic mass is 9.89. The van der Waals surface area contributed by atoms with Crippen LogP contribution < -0.4 is 10.9 Å². The number of amides is 1. The molecule has 1 amide bonds. The van der Waals surface area contributed by atoms with Gasteiger partial charge in [-0.15, -0.1) is 0 Å². The Kier molecular flexibility index (Phi) is 6.42. The average Bonchev–Trinajstić information content (AvgIpc) is 2.67. The van der Waals surface area contributed by atoms with E-state index in [-0.39, 0.29) is 5.91 Å². The van der Waals surface area contributed by atoms with Gasteiger partial charge in [0.05, 0.1) is 5.69 Å². The molecule has 26 heavy (non-hydrogen) atoms. The van der Waals surface area contributed by atoms with Gasteiger partial charge in [-0.3, -0.25) is 10.2 Å². The molecule has 0 bridgehead atoms. The van der Waals surface area contributed by atoms with Gasteiger partial charge in [-0.25, -0.2) is 5.43 Å². The number of hydrogen-bond acceptors (Lipinski definition) is 4. The first-order valence-electron chi connectivity index (χ1n) is 9.93. The van der Waals surface area contributed by atoms with Gasteiger partial charge in [0.25, 0.3) is 5.91 Å². The van der Waals surface area contributed by atoms with Crippen LogP contribution in [0.2, 0.25) is 0 Å². The Bertz CT molecular complexity index is 678. The van der Waals surface area contributed by atoms with Crippen LogP contribution in [0.5, 0.6) is 0 Å². The largest absolute Gasteiger partial charge is 0.279 e. The topological polar surface area (TPSA) is 65.8 Å². The number of rotatable bonds is 4. The Hall–Kier alpha value is -2.17. The van der Waals surface area contributed by atoms with E-state index in [9.17, 15) is 4.79 Å². The minimum Gasteiger partial charge on any atom is -0.279 e. The number of nitrogens with one attached hydrogen (secondary N) is 2. The van der Waals surface area contributed by atoms with Crippen molar-refractivity contribution in [3.05, 3.63) is 29.8 Å². The fraction of sp³-hybridized carbons (Fsp3) is 0.571. The minimum atomic E-state index is -0.158. The molecule has 2 fully saturated rings. The van der Waals surface area contributed by atoms with Crippen LogP contribution >= 0.6 is 0 Å². The predicted molar refractivity (Wildman–Crippen MR) is 108 cm³/mol. The lowest BCUT2D eigenvalue weighted by Crippen LogP contribution is -2.24. The smallest absolute Gasteiger partial charge is 0.271 e. The summed E-state index contributed by atoms with van der Waals surface area (Å²) in [5, 5.41) is 8.91. The molecule has 0 aliphatic heterocycles. The van der Waals surface area contributed by atoms with E-state index in [1.165, 1.54) is 37.8 Å². The second-order valence-corrected chi connectivity index (χ2v) is 7.63. The Balaban J connectivity index is 1.56. The molecule has 140 valence electrons. The minimum absolute atomic E-state index is 0.158. The van der Waals surface area contributed by atoms with Crippen molar-refractivity contribution in [1.82, 2.24) is 5.43 Å². The first-order chi connectivity index (χ1) is 12.6. The zero-order valence-electron chi connectivity index (χ0n) is 15.9. The van der Waals surface area contributed by atoms with Gasteiger partial charge in [-0.1, -0.05) is 26.7 Å². The van der Waals surface area contributed by atoms with Crippen LogP contribution in [0.15, 0.2) is 34.5 Å². The Morgan fingerprint density at radius 3 is 2.04 bits per heavy atom. The zero-order valence-corrected chi connectivity index (χ0v) is 15.9. The highest BCUT2D eigenvalue weighted by atomic mass is 16.2. The molecule has 2 saturated carbocycles. The van der Waals surface area contributed by atoms with Crippen LogP contribution in [0.1, 0.15) is 75.6 Å². The van der Waals surface area contributed by atoms with Gasteiger partial charge in [0.2, 0.25) is 0 Å². The Morgan fingerprint density at radius 2 is 1.46 bits per heavy atom. The molecule has 2 aliphatic rings. The molecule has 1 aromatic rings. The quantitative estimate of drug-likeness (QED) is 0.751. The highest BCUT2D eigenvalue weighted by molar-refractivity contribution is 5.96. The molecule has 2 unspecified atom stereocenters. The second kappa shape index (κ2) is 8.97. The van der Waals surface area contributed by atoms with Gasteiger partial charge in [0.1, 0.15) is 0 Å². The summed E-state index contributed by atoms with van der Waals surface area (Å²) in [6.45, 7) is 4.42. The second-order valence-electron chi connectivity index (χ2n) is 7.63. The summed E-state index contributed by atoms with van der Waals surface area (Å²) in [7, 11) is 0. The highest BCUT2D eigenvalue weighted by Gasteiger charge is 2.17. The lowest BCUT2D eigenvalue weighted by Gasteiger charge is -2.20. The molecule has 0 spiro atoms. The lowest BCUT2D eigenvalue weighted by molar-refractivity contribution is 0.0954. The maximum absolute atomic E-state index is 12.3. The molecule has 2 atom stereocenters. The number of carbonyl (C=O) groups excluding carboxylic acids is 1. The van der Waals surface area contributed by atoms with E-state index < -0.39 is 0 Å². The van der Waals surface area contributed by atoms with Crippen molar-refractivity contribution in [2.24, 2.45) is 22.0 Å². The normalized spacial score (nSPS) is 26.7. The molecule has 0 saturated heterocycles. The van der Waals surface area contributed by atoms with Crippen LogP contribution in [0.3, 0.4) is 0 Å². The predicted octanol–water partition coefficient (Wildman–Crippen LogP) is 4.96. The van der Waals surface area contributed by atoms with Gasteiger partial charge in [0, 0.05) is 17.0 Å². The van der Waals surface area contributed by atoms with E-state index in [0.717, 1.165) is 30.7 Å². The molecule has 5 heteroatoms. The number of carbonyl (C=O) groups is 1. The summed E-state index contributed by atoms with van der Waals surface area (Å²) in [6, 6.07) is 7.41. The van der Waals surface area contributed by atoms with Crippen molar-refractivity contribution in [2.45, 2.75) is 65.2 Å². The third-order valence-corrected chi connectivity index (χ3v) is 5.55. The third kappa shape index (κ3) is 4.93. The van der Waals surface area contributed by atoms with E-state index in [2.05, 4.69) is 34.9 Å². The number of hydrogen-bond donors (Lipinski definition) is 2. The SMILES string of the molecule is CC1CCCC/C1=N/Nc1ccc(C(=O)N/N=C2\CCCCC2C)cc1. The van der Waals surface area contributed by atoms with Gasteiger partial charge in [-0.2, -0.15) is 10.2 Å². The monoisotopic (exact) mass is 354 g/mol. The van der Waals surface area contributed by atoms with Crippen LogP contribution in [0, 0.1) is 11.8 Å². The summed E-state index contributed by atoms with van der Waals surface area (Å²) >= 11 is 0. The first kappa shape index (κ1) is 18.6. The molecule has 3 rings (SSSR count). The van der Waals surface area contributed by atoms with Crippen molar-refractivity contribution in [3.8, 4) is 0 Å². The number of benzene rings is 1. The van der Waals surface area contributed by atoms with Gasteiger partial charge in [-0.05, 0) is 74.6 Å². The van der Waals surface area contributed by atoms with Crippen molar-refractivity contribution in [3.63, 3.8) is 0 Å². The molecular formula is C21H30N4O. The van der Waals surface area contributed by atoms with E-state index in [0.29, 0.717) is 17.4 Å². The number of anilines is 1. The summed E-state index contributed by atoms with van der Waals surface area (Å²) in [6.07, 6.45) is 9.40. The van der Waals surface area contributed by atoms with Crippen LogP contribution in [0.25, 0.3) is 0 Å².